The number of benzene rings is 3. The summed E-state index contributed by atoms with van der Waals surface area (Å²) in [5.41, 5.74) is 3.93. The topological polar surface area (TPSA) is 92.5 Å². The van der Waals surface area contributed by atoms with Gasteiger partial charge in [-0.05, 0) is 25.5 Å². The number of hydrogen-bond donors (Lipinski definition) is 1. The van der Waals surface area contributed by atoms with Crippen molar-refractivity contribution in [3.05, 3.63) is 105 Å². The molecule has 3 aliphatic heterocycles. The van der Waals surface area contributed by atoms with Crippen molar-refractivity contribution in [3.63, 3.8) is 0 Å². The van der Waals surface area contributed by atoms with Gasteiger partial charge in [-0.1, -0.05) is 59.7 Å². The lowest BCUT2D eigenvalue weighted by atomic mass is 9.69. The van der Waals surface area contributed by atoms with Gasteiger partial charge in [-0.15, -0.1) is 11.8 Å². The van der Waals surface area contributed by atoms with Crippen LogP contribution in [0.5, 0.6) is 0 Å². The van der Waals surface area contributed by atoms with Gasteiger partial charge in [0.05, 0.1) is 10.8 Å². The molecule has 4 atom stereocenters. The van der Waals surface area contributed by atoms with Crippen molar-refractivity contribution < 1.29 is 14.5 Å². The summed E-state index contributed by atoms with van der Waals surface area (Å²) >= 11 is 1.75. The maximum absolute atomic E-state index is 14.4. The van der Waals surface area contributed by atoms with Gasteiger partial charge in [0, 0.05) is 52.5 Å². The Balaban J connectivity index is 1.59. The molecule has 8 heteroatoms. The molecular weight excluding hydrogens is 474 g/mol. The zero-order chi connectivity index (χ0) is 25.2. The summed E-state index contributed by atoms with van der Waals surface area (Å²) in [6.07, 6.45) is 0. The number of non-ortho nitro benzene ring substituents is 1. The third kappa shape index (κ3) is 3.17. The van der Waals surface area contributed by atoms with Crippen molar-refractivity contribution in [2.75, 3.05) is 16.9 Å². The molecular formula is C28H25N3O4S. The van der Waals surface area contributed by atoms with E-state index in [1.807, 2.05) is 56.3 Å². The Labute approximate surface area is 213 Å². The lowest BCUT2D eigenvalue weighted by Gasteiger charge is -2.36. The second-order valence-corrected chi connectivity index (χ2v) is 10.9. The molecule has 1 spiro atoms. The molecule has 3 aliphatic rings. The number of rotatable bonds is 4. The Hall–Kier alpha value is -3.49. The van der Waals surface area contributed by atoms with Crippen LogP contribution in [0.3, 0.4) is 0 Å². The first-order valence-electron chi connectivity index (χ1n) is 11.9. The molecule has 1 N–H and O–H groups in total. The van der Waals surface area contributed by atoms with Crippen LogP contribution >= 0.6 is 11.8 Å². The highest BCUT2D eigenvalue weighted by molar-refractivity contribution is 7.99. The standard InChI is InChI=1S/C28H25N3O4S/c1-16-3-6-19(7-4-16)26(32)25-24(18-8-10-20(11-9-18)31(34)35)23-14-36-15-30(23)28(25)21-13-17(2)5-12-22(21)29-27(28)33/h3-13,23-25H,14-15H2,1-2H3,(H,29,33)/t23-,24+,25-,28-/m0/s1. The molecule has 7 nitrogen and oxygen atoms in total. The van der Waals surface area contributed by atoms with Crippen molar-refractivity contribution in [3.8, 4) is 0 Å². The first-order chi connectivity index (χ1) is 17.3. The maximum Gasteiger partial charge on any atom is 0.269 e. The Bertz CT molecular complexity index is 1410. The molecule has 3 aromatic carbocycles. The molecule has 6 rings (SSSR count). The summed E-state index contributed by atoms with van der Waals surface area (Å²) in [5, 5.41) is 14.4. The van der Waals surface area contributed by atoms with Crippen molar-refractivity contribution in [1.82, 2.24) is 4.90 Å². The fourth-order valence-electron chi connectivity index (χ4n) is 6.28. The summed E-state index contributed by atoms with van der Waals surface area (Å²) < 4.78 is 0. The average molecular weight is 500 g/mol. The average Bonchev–Trinajstić information content (AvgIpc) is 3.52. The number of nitro benzene ring substituents is 1. The molecule has 0 bridgehead atoms. The lowest BCUT2D eigenvalue weighted by Crippen LogP contribution is -2.52. The van der Waals surface area contributed by atoms with E-state index in [-0.39, 0.29) is 29.3 Å². The van der Waals surface area contributed by atoms with Crippen LogP contribution in [-0.4, -0.2) is 39.2 Å². The number of ketones is 1. The quantitative estimate of drug-likeness (QED) is 0.308. The number of carbonyl (C=O) groups is 2. The monoisotopic (exact) mass is 499 g/mol. The Morgan fingerprint density at radius 1 is 1.06 bits per heavy atom. The van der Waals surface area contributed by atoms with Gasteiger partial charge in [0.15, 0.2) is 5.78 Å². The van der Waals surface area contributed by atoms with Crippen LogP contribution in [0.2, 0.25) is 0 Å². The second kappa shape index (κ2) is 8.28. The van der Waals surface area contributed by atoms with E-state index in [9.17, 15) is 19.7 Å². The number of amides is 1. The SMILES string of the molecule is Cc1ccc(C(=O)[C@@H]2[C@H](c3ccc([N+](=O)[O-])cc3)[C@@H]3CSCN3[C@]23C(=O)Nc2ccc(C)cc23)cc1. The van der Waals surface area contributed by atoms with E-state index in [0.717, 1.165) is 33.7 Å². The number of thioether (sulfide) groups is 1. The minimum absolute atomic E-state index is 0.00473. The summed E-state index contributed by atoms with van der Waals surface area (Å²) in [5.74, 6) is 0.164. The van der Waals surface area contributed by atoms with E-state index in [1.54, 1.807) is 23.9 Å². The molecule has 0 aromatic heterocycles. The Kier molecular flexibility index (Phi) is 5.28. The molecule has 0 saturated carbocycles. The molecule has 0 radical (unpaired) electrons. The minimum Gasteiger partial charge on any atom is -0.324 e. The zero-order valence-electron chi connectivity index (χ0n) is 19.9. The lowest BCUT2D eigenvalue weighted by molar-refractivity contribution is -0.384. The largest absolute Gasteiger partial charge is 0.324 e. The zero-order valence-corrected chi connectivity index (χ0v) is 20.7. The van der Waals surface area contributed by atoms with Crippen LogP contribution in [0.15, 0.2) is 66.7 Å². The summed E-state index contributed by atoms with van der Waals surface area (Å²) in [4.78, 5) is 41.5. The fourth-order valence-corrected chi connectivity index (χ4v) is 7.60. The van der Waals surface area contributed by atoms with Crippen molar-refractivity contribution >= 4 is 34.8 Å². The van der Waals surface area contributed by atoms with Crippen LogP contribution in [0.1, 0.15) is 38.5 Å². The van der Waals surface area contributed by atoms with Gasteiger partial charge in [0.2, 0.25) is 5.91 Å². The number of nitrogens with one attached hydrogen (secondary N) is 1. The van der Waals surface area contributed by atoms with Crippen LogP contribution in [0.4, 0.5) is 11.4 Å². The van der Waals surface area contributed by atoms with E-state index in [0.29, 0.717) is 11.4 Å². The molecule has 0 unspecified atom stereocenters. The summed E-state index contributed by atoms with van der Waals surface area (Å²) in [6.45, 7) is 3.97. The van der Waals surface area contributed by atoms with Crippen LogP contribution in [0, 0.1) is 29.9 Å². The number of fused-ring (bicyclic) bond motifs is 4. The van der Waals surface area contributed by atoms with E-state index in [4.69, 9.17) is 0 Å². The molecule has 2 fully saturated rings. The van der Waals surface area contributed by atoms with E-state index in [1.165, 1.54) is 12.1 Å². The van der Waals surface area contributed by atoms with Crippen molar-refractivity contribution in [2.45, 2.75) is 31.3 Å². The third-order valence-electron chi connectivity index (χ3n) is 7.88. The Morgan fingerprint density at radius 3 is 2.44 bits per heavy atom. The number of nitrogens with zero attached hydrogens (tertiary/aromatic N) is 2. The van der Waals surface area contributed by atoms with Gasteiger partial charge in [-0.2, -0.15) is 0 Å². The normalized spacial score (nSPS) is 26.6. The first kappa shape index (κ1) is 22.9. The van der Waals surface area contributed by atoms with Crippen molar-refractivity contribution in [2.24, 2.45) is 5.92 Å². The molecule has 3 aromatic rings. The predicted molar refractivity (Wildman–Crippen MR) is 139 cm³/mol. The van der Waals surface area contributed by atoms with Gasteiger partial charge in [-0.3, -0.25) is 24.6 Å². The van der Waals surface area contributed by atoms with Crippen LogP contribution in [-0.2, 0) is 10.3 Å². The number of hydrogen-bond acceptors (Lipinski definition) is 6. The Morgan fingerprint density at radius 2 is 1.75 bits per heavy atom. The van der Waals surface area contributed by atoms with E-state index in [2.05, 4.69) is 10.2 Å². The van der Waals surface area contributed by atoms with Crippen LogP contribution in [0.25, 0.3) is 0 Å². The fraction of sp³-hybridized carbons (Fsp3) is 0.286. The predicted octanol–water partition coefficient (Wildman–Crippen LogP) is 5.03. The van der Waals surface area contributed by atoms with Gasteiger partial charge in [-0.25, -0.2) is 0 Å². The minimum atomic E-state index is -1.15. The molecule has 36 heavy (non-hydrogen) atoms. The third-order valence-corrected chi connectivity index (χ3v) is 8.92. The number of nitro groups is 1. The van der Waals surface area contributed by atoms with E-state index < -0.39 is 16.4 Å². The number of anilines is 1. The molecule has 2 saturated heterocycles. The van der Waals surface area contributed by atoms with Crippen molar-refractivity contribution in [1.29, 1.82) is 0 Å². The molecule has 3 heterocycles. The maximum atomic E-state index is 14.4. The summed E-state index contributed by atoms with van der Waals surface area (Å²) in [6, 6.07) is 19.8. The van der Waals surface area contributed by atoms with Crippen LogP contribution < -0.4 is 5.32 Å². The molecule has 1 amide bonds. The highest BCUT2D eigenvalue weighted by atomic mass is 32.2. The smallest absolute Gasteiger partial charge is 0.269 e. The van der Waals surface area contributed by atoms with Gasteiger partial charge >= 0.3 is 0 Å². The summed E-state index contributed by atoms with van der Waals surface area (Å²) in [7, 11) is 0. The van der Waals surface area contributed by atoms with Gasteiger partial charge < -0.3 is 5.32 Å². The number of carbonyl (C=O) groups excluding carboxylic acids is 2. The first-order valence-corrected chi connectivity index (χ1v) is 13.1. The highest BCUT2D eigenvalue weighted by Gasteiger charge is 2.69. The molecule has 0 aliphatic carbocycles. The van der Waals surface area contributed by atoms with E-state index >= 15 is 0 Å². The number of aryl methyl sites for hydroxylation is 2. The number of Topliss-reactive ketones (excluding diaryl/α,β-unsaturated/α-hetero) is 1. The molecule has 182 valence electrons. The van der Waals surface area contributed by atoms with Gasteiger partial charge in [0.25, 0.3) is 5.69 Å². The highest BCUT2D eigenvalue weighted by Crippen LogP contribution is 2.61. The van der Waals surface area contributed by atoms with Gasteiger partial charge in [0.1, 0.15) is 5.54 Å². The second-order valence-electron chi connectivity index (χ2n) is 9.89.